The van der Waals surface area contributed by atoms with Gasteiger partial charge in [0.1, 0.15) is 0 Å². The lowest BCUT2D eigenvalue weighted by atomic mass is 10.3. The van der Waals surface area contributed by atoms with E-state index in [1.54, 1.807) is 0 Å². The van der Waals surface area contributed by atoms with E-state index in [0.29, 0.717) is 0 Å². The van der Waals surface area contributed by atoms with E-state index in [0.717, 1.165) is 12.1 Å². The van der Waals surface area contributed by atoms with Crippen LogP contribution in [0, 0.1) is 11.6 Å². The number of ether oxygens (including phenoxy) is 2. The molecule has 1 aromatic heterocycles. The van der Waals surface area contributed by atoms with Gasteiger partial charge in [0.05, 0.1) is 17.6 Å². The number of nitrogens with one attached hydrogen (secondary N) is 1. The van der Waals surface area contributed by atoms with E-state index in [2.05, 4.69) is 15.3 Å². The maximum Gasteiger partial charge on any atom is 0.173 e. The number of hydrogen-bond acceptors (Lipinski definition) is 5. The standard InChI is InChI=1S/C12H12ClF2N3O2/c1-19-10(20-2)5-16-12-11(13)17-8-3-6(14)7(15)4-9(8)18-12/h3-4,10H,5H2,1-2H3,(H,16,18). The van der Waals surface area contributed by atoms with Gasteiger partial charge in [0.2, 0.25) is 0 Å². The fourth-order valence-electron chi connectivity index (χ4n) is 1.59. The summed E-state index contributed by atoms with van der Waals surface area (Å²) in [7, 11) is 2.98. The third-order valence-electron chi connectivity index (χ3n) is 2.63. The topological polar surface area (TPSA) is 56.3 Å². The molecule has 8 heteroatoms. The van der Waals surface area contributed by atoms with Crippen LogP contribution in [-0.4, -0.2) is 37.0 Å². The normalized spacial score (nSPS) is 11.3. The molecular formula is C12H12ClF2N3O2. The van der Waals surface area contributed by atoms with Gasteiger partial charge in [0, 0.05) is 26.4 Å². The zero-order valence-electron chi connectivity index (χ0n) is 10.8. The van der Waals surface area contributed by atoms with Gasteiger partial charge in [-0.25, -0.2) is 18.7 Å². The summed E-state index contributed by atoms with van der Waals surface area (Å²) >= 11 is 5.93. The molecule has 2 rings (SSSR count). The van der Waals surface area contributed by atoms with Crippen LogP contribution in [0.4, 0.5) is 14.6 Å². The Morgan fingerprint density at radius 2 is 1.70 bits per heavy atom. The second kappa shape index (κ2) is 6.25. The molecule has 0 fully saturated rings. The third-order valence-corrected chi connectivity index (χ3v) is 2.89. The molecule has 1 N–H and O–H groups in total. The lowest BCUT2D eigenvalue weighted by molar-refractivity contribution is -0.0914. The number of nitrogens with zero attached hydrogens (tertiary/aromatic N) is 2. The van der Waals surface area contributed by atoms with Gasteiger partial charge in [-0.05, 0) is 0 Å². The van der Waals surface area contributed by atoms with E-state index in [9.17, 15) is 8.78 Å². The SMILES string of the molecule is COC(CNc1nc2cc(F)c(F)cc2nc1Cl)OC. The van der Waals surface area contributed by atoms with E-state index < -0.39 is 17.9 Å². The Bertz CT molecular complexity index is 623. The highest BCUT2D eigenvalue weighted by atomic mass is 35.5. The highest BCUT2D eigenvalue weighted by Gasteiger charge is 2.12. The first kappa shape index (κ1) is 14.8. The Labute approximate surface area is 118 Å². The fourth-order valence-corrected chi connectivity index (χ4v) is 1.79. The van der Waals surface area contributed by atoms with Gasteiger partial charge in [-0.2, -0.15) is 0 Å². The van der Waals surface area contributed by atoms with Crippen LogP contribution in [0.25, 0.3) is 11.0 Å². The Balaban J connectivity index is 2.30. The molecule has 0 bridgehead atoms. The van der Waals surface area contributed by atoms with E-state index >= 15 is 0 Å². The summed E-state index contributed by atoms with van der Waals surface area (Å²) in [6, 6.07) is 1.91. The first-order chi connectivity index (χ1) is 9.55. The molecule has 0 unspecified atom stereocenters. The third kappa shape index (κ3) is 3.12. The van der Waals surface area contributed by atoms with Crippen molar-refractivity contribution >= 4 is 28.5 Å². The minimum absolute atomic E-state index is 0.0504. The molecule has 0 aliphatic heterocycles. The predicted octanol–water partition coefficient (Wildman–Crippen LogP) is 2.59. The molecule has 2 aromatic rings. The summed E-state index contributed by atoms with van der Waals surface area (Å²) in [6.45, 7) is 0.274. The minimum atomic E-state index is -0.998. The maximum absolute atomic E-state index is 13.2. The quantitative estimate of drug-likeness (QED) is 0.860. The minimum Gasteiger partial charge on any atom is -0.362 e. The second-order valence-electron chi connectivity index (χ2n) is 3.90. The fraction of sp³-hybridized carbons (Fsp3) is 0.333. The van der Waals surface area contributed by atoms with Crippen LogP contribution in [0.15, 0.2) is 12.1 Å². The average molecular weight is 304 g/mol. The molecule has 20 heavy (non-hydrogen) atoms. The van der Waals surface area contributed by atoms with Crippen molar-refractivity contribution in [3.63, 3.8) is 0 Å². The lowest BCUT2D eigenvalue weighted by Gasteiger charge is -2.15. The van der Waals surface area contributed by atoms with Crippen LogP contribution in [0.2, 0.25) is 5.15 Å². The van der Waals surface area contributed by atoms with E-state index in [1.165, 1.54) is 14.2 Å². The second-order valence-corrected chi connectivity index (χ2v) is 4.26. The molecule has 0 radical (unpaired) electrons. The first-order valence-electron chi connectivity index (χ1n) is 5.67. The molecular weight excluding hydrogens is 292 g/mol. The van der Waals surface area contributed by atoms with Crippen LogP contribution < -0.4 is 5.32 Å². The smallest absolute Gasteiger partial charge is 0.173 e. The highest BCUT2D eigenvalue weighted by Crippen LogP contribution is 2.23. The molecule has 0 saturated carbocycles. The van der Waals surface area contributed by atoms with E-state index in [4.69, 9.17) is 21.1 Å². The van der Waals surface area contributed by atoms with Crippen LogP contribution in [-0.2, 0) is 9.47 Å². The summed E-state index contributed by atoms with van der Waals surface area (Å²) in [6.07, 6.45) is -0.492. The average Bonchev–Trinajstić information content (AvgIpc) is 2.42. The van der Waals surface area contributed by atoms with Crippen molar-refractivity contribution < 1.29 is 18.3 Å². The number of hydrogen-bond donors (Lipinski definition) is 1. The molecule has 0 atom stereocenters. The number of rotatable bonds is 5. The lowest BCUT2D eigenvalue weighted by Crippen LogP contribution is -2.24. The zero-order valence-corrected chi connectivity index (χ0v) is 11.5. The number of fused-ring (bicyclic) bond motifs is 1. The molecule has 1 aromatic carbocycles. The first-order valence-corrected chi connectivity index (χ1v) is 6.04. The Hall–Kier alpha value is -1.57. The number of halogens is 3. The van der Waals surface area contributed by atoms with Crippen molar-refractivity contribution in [3.05, 3.63) is 28.9 Å². The van der Waals surface area contributed by atoms with E-state index in [1.807, 2.05) is 0 Å². The van der Waals surface area contributed by atoms with Crippen molar-refractivity contribution in [2.75, 3.05) is 26.1 Å². The van der Waals surface area contributed by atoms with Crippen molar-refractivity contribution in [3.8, 4) is 0 Å². The molecule has 5 nitrogen and oxygen atoms in total. The van der Waals surface area contributed by atoms with Crippen molar-refractivity contribution in [1.29, 1.82) is 0 Å². The van der Waals surface area contributed by atoms with Crippen LogP contribution in [0.1, 0.15) is 0 Å². The molecule has 0 aliphatic rings. The van der Waals surface area contributed by atoms with Gasteiger partial charge >= 0.3 is 0 Å². The van der Waals surface area contributed by atoms with Crippen molar-refractivity contribution in [2.24, 2.45) is 0 Å². The summed E-state index contributed by atoms with van der Waals surface area (Å²) < 4.78 is 36.3. The maximum atomic E-state index is 13.2. The Kier molecular flexibility index (Phi) is 4.64. The molecule has 0 spiro atoms. The molecule has 0 aliphatic carbocycles. The zero-order chi connectivity index (χ0) is 14.7. The van der Waals surface area contributed by atoms with Crippen LogP contribution in [0.3, 0.4) is 0 Å². The van der Waals surface area contributed by atoms with Gasteiger partial charge in [0.15, 0.2) is 28.9 Å². The summed E-state index contributed by atoms with van der Waals surface area (Å²) in [5.41, 5.74) is 0.372. The van der Waals surface area contributed by atoms with Crippen molar-refractivity contribution in [1.82, 2.24) is 9.97 Å². The molecule has 0 amide bonds. The summed E-state index contributed by atoms with van der Waals surface area (Å²) in [5, 5.41) is 2.92. The van der Waals surface area contributed by atoms with Gasteiger partial charge < -0.3 is 14.8 Å². The Morgan fingerprint density at radius 3 is 2.25 bits per heavy atom. The van der Waals surface area contributed by atoms with Gasteiger partial charge in [-0.15, -0.1) is 0 Å². The monoisotopic (exact) mass is 303 g/mol. The predicted molar refractivity (Wildman–Crippen MR) is 70.8 cm³/mol. The van der Waals surface area contributed by atoms with Gasteiger partial charge in [-0.3, -0.25) is 0 Å². The molecule has 108 valence electrons. The molecule has 0 saturated heterocycles. The van der Waals surface area contributed by atoms with Gasteiger partial charge in [-0.1, -0.05) is 11.6 Å². The molecule has 1 heterocycles. The van der Waals surface area contributed by atoms with Gasteiger partial charge in [0.25, 0.3) is 0 Å². The highest BCUT2D eigenvalue weighted by molar-refractivity contribution is 6.32. The summed E-state index contributed by atoms with van der Waals surface area (Å²) in [5.74, 6) is -1.75. The number of anilines is 1. The number of methoxy groups -OCH3 is 2. The van der Waals surface area contributed by atoms with Crippen molar-refractivity contribution in [2.45, 2.75) is 6.29 Å². The number of benzene rings is 1. The Morgan fingerprint density at radius 1 is 1.15 bits per heavy atom. The number of aromatic nitrogens is 2. The van der Waals surface area contributed by atoms with E-state index in [-0.39, 0.29) is 28.5 Å². The van der Waals surface area contributed by atoms with Crippen LogP contribution in [0.5, 0.6) is 0 Å². The van der Waals surface area contributed by atoms with Crippen LogP contribution >= 0.6 is 11.6 Å². The summed E-state index contributed by atoms with van der Waals surface area (Å²) in [4.78, 5) is 8.05. The largest absolute Gasteiger partial charge is 0.362 e.